The normalized spacial score (nSPS) is 13.4. The van der Waals surface area contributed by atoms with Crippen LogP contribution in [0.4, 0.5) is 0 Å². The third-order valence-electron chi connectivity index (χ3n) is 1.35. The highest BCUT2D eigenvalue weighted by Gasteiger charge is 2.26. The average Bonchev–Trinajstić information content (AvgIpc) is 2.01. The molecule has 15 heavy (non-hydrogen) atoms. The lowest BCUT2D eigenvalue weighted by Gasteiger charge is -2.12. The van der Waals surface area contributed by atoms with Crippen molar-refractivity contribution >= 4 is 29.7 Å². The molecule has 8 heteroatoms. The summed E-state index contributed by atoms with van der Waals surface area (Å²) in [5.41, 5.74) is 0. The Morgan fingerprint density at radius 3 is 1.87 bits per heavy atom. The number of thioether (sulfide) groups is 1. The fourth-order valence-electron chi connectivity index (χ4n) is 0.657. The number of hydrogen-bond acceptors (Lipinski definition) is 5. The average molecular weight is 239 g/mol. The number of rotatable bonds is 6. The van der Waals surface area contributed by atoms with Crippen molar-refractivity contribution in [2.24, 2.45) is 0 Å². The van der Waals surface area contributed by atoms with Crippen LogP contribution in [0.2, 0.25) is 0 Å². The number of hydrogen-bond donors (Lipinski definition) is 4. The van der Waals surface area contributed by atoms with Crippen LogP contribution in [0.1, 0.15) is 13.3 Å². The van der Waals surface area contributed by atoms with Crippen LogP contribution in [0.25, 0.3) is 0 Å². The van der Waals surface area contributed by atoms with Crippen LogP contribution >= 0.6 is 11.8 Å². The van der Waals surface area contributed by atoms with Gasteiger partial charge in [-0.3, -0.25) is 14.4 Å². The van der Waals surface area contributed by atoms with Gasteiger partial charge in [0.1, 0.15) is 10.5 Å². The highest BCUT2D eigenvalue weighted by atomic mass is 32.2. The quantitative estimate of drug-likeness (QED) is 0.516. The SMILES string of the molecule is CC(SC(CC(=O)O)C(=O)O)C(=O)O.N. The third kappa shape index (κ3) is 6.75. The van der Waals surface area contributed by atoms with E-state index in [0.29, 0.717) is 11.8 Å². The predicted octanol–water partition coefficient (Wildman–Crippen LogP) is 0.283. The van der Waals surface area contributed by atoms with E-state index in [1.165, 1.54) is 6.92 Å². The van der Waals surface area contributed by atoms with Gasteiger partial charge in [-0.25, -0.2) is 0 Å². The Labute approximate surface area is 90.1 Å². The molecule has 2 unspecified atom stereocenters. The van der Waals surface area contributed by atoms with E-state index in [1.54, 1.807) is 0 Å². The van der Waals surface area contributed by atoms with Gasteiger partial charge in [-0.1, -0.05) is 0 Å². The zero-order valence-corrected chi connectivity index (χ0v) is 8.86. The first-order chi connectivity index (χ1) is 6.34. The summed E-state index contributed by atoms with van der Waals surface area (Å²) in [4.78, 5) is 31.1. The molecule has 0 saturated heterocycles. The molecule has 6 N–H and O–H groups in total. The van der Waals surface area contributed by atoms with Crippen molar-refractivity contribution in [2.45, 2.75) is 23.8 Å². The van der Waals surface area contributed by atoms with Gasteiger partial charge in [-0.05, 0) is 6.92 Å². The molecule has 0 aliphatic carbocycles. The van der Waals surface area contributed by atoms with E-state index in [-0.39, 0.29) is 6.15 Å². The molecule has 0 spiro atoms. The molecule has 7 nitrogen and oxygen atoms in total. The summed E-state index contributed by atoms with van der Waals surface area (Å²) < 4.78 is 0. The summed E-state index contributed by atoms with van der Waals surface area (Å²) in [5, 5.41) is 23.3. The molecular weight excluding hydrogens is 226 g/mol. The van der Waals surface area contributed by atoms with Gasteiger partial charge in [-0.15, -0.1) is 11.8 Å². The van der Waals surface area contributed by atoms with Crippen molar-refractivity contribution in [3.63, 3.8) is 0 Å². The lowest BCUT2D eigenvalue weighted by atomic mass is 10.3. The zero-order valence-electron chi connectivity index (χ0n) is 8.04. The molecule has 0 heterocycles. The summed E-state index contributed by atoms with van der Waals surface area (Å²) >= 11 is 0.609. The molecule has 0 amide bonds. The highest BCUT2D eigenvalue weighted by Crippen LogP contribution is 2.21. The standard InChI is InChI=1S/C7H10O6S.H3N/c1-3(6(10)11)14-4(7(12)13)2-5(8)9;/h3-4H,2H2,1H3,(H,8,9)(H,10,11)(H,12,13);1H3. The Morgan fingerprint density at radius 2 is 1.60 bits per heavy atom. The summed E-state index contributed by atoms with van der Waals surface area (Å²) in [6, 6.07) is 0. The van der Waals surface area contributed by atoms with E-state index in [9.17, 15) is 14.4 Å². The molecule has 0 saturated carbocycles. The molecule has 88 valence electrons. The predicted molar refractivity (Wildman–Crippen MR) is 53.4 cm³/mol. The van der Waals surface area contributed by atoms with Crippen molar-refractivity contribution in [1.29, 1.82) is 0 Å². The van der Waals surface area contributed by atoms with E-state index in [1.807, 2.05) is 0 Å². The van der Waals surface area contributed by atoms with Gasteiger partial charge >= 0.3 is 17.9 Å². The summed E-state index contributed by atoms with van der Waals surface area (Å²) in [7, 11) is 0. The maximum atomic E-state index is 10.5. The fourth-order valence-corrected chi connectivity index (χ4v) is 1.62. The Balaban J connectivity index is 0. The summed E-state index contributed by atoms with van der Waals surface area (Å²) in [6.45, 7) is 1.31. The van der Waals surface area contributed by atoms with E-state index < -0.39 is 34.8 Å². The number of carboxylic acid groups (broad SMARTS) is 3. The van der Waals surface area contributed by atoms with Crippen LogP contribution < -0.4 is 6.15 Å². The van der Waals surface area contributed by atoms with Gasteiger partial charge < -0.3 is 21.5 Å². The van der Waals surface area contributed by atoms with Gasteiger partial charge in [0.15, 0.2) is 0 Å². The monoisotopic (exact) mass is 239 g/mol. The van der Waals surface area contributed by atoms with Crippen LogP contribution in [0.15, 0.2) is 0 Å². The topological polar surface area (TPSA) is 147 Å². The first kappa shape index (κ1) is 16.2. The Kier molecular flexibility index (Phi) is 7.62. The second-order valence-corrected chi connectivity index (χ2v) is 4.09. The molecule has 0 aromatic heterocycles. The minimum Gasteiger partial charge on any atom is -0.481 e. The van der Waals surface area contributed by atoms with Gasteiger partial charge in [0.05, 0.1) is 6.42 Å². The van der Waals surface area contributed by atoms with Crippen LogP contribution in [0.5, 0.6) is 0 Å². The Bertz CT molecular complexity index is 256. The molecule has 0 fully saturated rings. The van der Waals surface area contributed by atoms with Gasteiger partial charge in [-0.2, -0.15) is 0 Å². The Hall–Kier alpha value is -1.28. The maximum Gasteiger partial charge on any atom is 0.317 e. The van der Waals surface area contributed by atoms with E-state index in [0.717, 1.165) is 0 Å². The number of aliphatic carboxylic acids is 3. The molecule has 0 rings (SSSR count). The third-order valence-corrected chi connectivity index (χ3v) is 2.66. The van der Waals surface area contributed by atoms with Crippen molar-refractivity contribution < 1.29 is 29.7 Å². The molecule has 0 aliphatic rings. The number of carbonyl (C=O) groups is 3. The molecule has 0 aromatic carbocycles. The van der Waals surface area contributed by atoms with E-state index in [4.69, 9.17) is 15.3 Å². The minimum atomic E-state index is -1.31. The first-order valence-corrected chi connectivity index (χ1v) is 4.61. The smallest absolute Gasteiger partial charge is 0.317 e. The molecule has 0 aliphatic heterocycles. The van der Waals surface area contributed by atoms with E-state index >= 15 is 0 Å². The Morgan fingerprint density at radius 1 is 1.13 bits per heavy atom. The fraction of sp³-hybridized carbons (Fsp3) is 0.571. The summed E-state index contributed by atoms with van der Waals surface area (Å²) in [5.74, 6) is -3.74. The second-order valence-electron chi connectivity index (χ2n) is 2.54. The van der Waals surface area contributed by atoms with E-state index in [2.05, 4.69) is 0 Å². The lowest BCUT2D eigenvalue weighted by Crippen LogP contribution is -2.25. The molecular formula is C7H13NO6S. The van der Waals surface area contributed by atoms with Crippen molar-refractivity contribution in [3.05, 3.63) is 0 Å². The van der Waals surface area contributed by atoms with Gasteiger partial charge in [0.2, 0.25) is 0 Å². The van der Waals surface area contributed by atoms with Crippen LogP contribution in [-0.4, -0.2) is 43.7 Å². The van der Waals surface area contributed by atoms with Crippen LogP contribution in [0.3, 0.4) is 0 Å². The van der Waals surface area contributed by atoms with Crippen molar-refractivity contribution in [3.8, 4) is 0 Å². The molecule has 0 aromatic rings. The second kappa shape index (κ2) is 7.07. The van der Waals surface area contributed by atoms with Crippen molar-refractivity contribution in [1.82, 2.24) is 6.15 Å². The molecule has 2 atom stereocenters. The number of carboxylic acids is 3. The zero-order chi connectivity index (χ0) is 11.3. The maximum absolute atomic E-state index is 10.5. The highest BCUT2D eigenvalue weighted by molar-refractivity contribution is 8.01. The van der Waals surface area contributed by atoms with Crippen LogP contribution in [-0.2, 0) is 14.4 Å². The first-order valence-electron chi connectivity index (χ1n) is 3.67. The van der Waals surface area contributed by atoms with Crippen LogP contribution in [0, 0.1) is 0 Å². The lowest BCUT2D eigenvalue weighted by molar-refractivity contribution is -0.143. The van der Waals surface area contributed by atoms with Gasteiger partial charge in [0, 0.05) is 0 Å². The summed E-state index contributed by atoms with van der Waals surface area (Å²) in [6.07, 6.45) is -0.586. The molecule has 0 radical (unpaired) electrons. The van der Waals surface area contributed by atoms with Crippen molar-refractivity contribution in [2.75, 3.05) is 0 Å². The largest absolute Gasteiger partial charge is 0.481 e. The minimum absolute atomic E-state index is 0. The van der Waals surface area contributed by atoms with Gasteiger partial charge in [0.25, 0.3) is 0 Å². The molecule has 0 bridgehead atoms.